The third-order valence-electron chi connectivity index (χ3n) is 5.01. The van der Waals surface area contributed by atoms with Crippen molar-refractivity contribution in [3.8, 4) is 0 Å². The molecule has 0 spiro atoms. The predicted molar refractivity (Wildman–Crippen MR) is 104 cm³/mol. The number of fused-ring (bicyclic) bond motifs is 2. The number of urea groups is 1. The first kappa shape index (κ1) is 17.5. The molecule has 2 amide bonds. The molecule has 140 valence electrons. The lowest BCUT2D eigenvalue weighted by Crippen LogP contribution is -2.37. The smallest absolute Gasteiger partial charge is 0.315 e. The van der Waals surface area contributed by atoms with E-state index in [-0.39, 0.29) is 6.03 Å². The van der Waals surface area contributed by atoms with Crippen molar-refractivity contribution in [1.82, 2.24) is 20.7 Å². The predicted octanol–water partition coefficient (Wildman–Crippen LogP) is 3.08. The number of rotatable bonds is 6. The number of aromatic nitrogens is 1. The van der Waals surface area contributed by atoms with Crippen molar-refractivity contribution in [3.05, 3.63) is 65.4 Å². The Morgan fingerprint density at radius 3 is 2.81 bits per heavy atom. The number of para-hydroxylation sites is 1. The van der Waals surface area contributed by atoms with E-state index in [0.29, 0.717) is 13.1 Å². The number of nitrogens with zero attached hydrogens (tertiary/aromatic N) is 2. The second kappa shape index (κ2) is 8.22. The van der Waals surface area contributed by atoms with Crippen molar-refractivity contribution < 1.29 is 9.32 Å². The zero-order chi connectivity index (χ0) is 18.5. The molecule has 1 aromatic heterocycles. The highest BCUT2D eigenvalue weighted by Gasteiger charge is 2.15. The maximum atomic E-state index is 12.0. The van der Waals surface area contributed by atoms with Crippen LogP contribution in [0.15, 0.2) is 53.1 Å². The summed E-state index contributed by atoms with van der Waals surface area (Å²) < 4.78 is 5.24. The largest absolute Gasteiger partial charge is 0.356 e. The molecule has 0 atom stereocenters. The van der Waals surface area contributed by atoms with Crippen LogP contribution in [0, 0.1) is 0 Å². The Kier molecular flexibility index (Phi) is 5.34. The first-order valence-electron chi connectivity index (χ1n) is 9.44. The van der Waals surface area contributed by atoms with Gasteiger partial charge in [0, 0.05) is 31.6 Å². The maximum absolute atomic E-state index is 12.0. The molecular weight excluding hydrogens is 340 g/mol. The number of hydrogen-bond donors (Lipinski definition) is 2. The Morgan fingerprint density at radius 2 is 1.89 bits per heavy atom. The Labute approximate surface area is 158 Å². The van der Waals surface area contributed by atoms with Crippen LogP contribution in [0.5, 0.6) is 0 Å². The lowest BCUT2D eigenvalue weighted by atomic mass is 10.00. The first-order chi connectivity index (χ1) is 13.3. The van der Waals surface area contributed by atoms with Crippen molar-refractivity contribution in [1.29, 1.82) is 0 Å². The summed E-state index contributed by atoms with van der Waals surface area (Å²) in [4.78, 5) is 14.4. The van der Waals surface area contributed by atoms with Gasteiger partial charge in [-0.05, 0) is 36.1 Å². The molecule has 0 saturated carbocycles. The lowest BCUT2D eigenvalue weighted by Gasteiger charge is -2.28. The van der Waals surface area contributed by atoms with Gasteiger partial charge in [-0.25, -0.2) is 4.79 Å². The van der Waals surface area contributed by atoms with Crippen LogP contribution in [0.3, 0.4) is 0 Å². The van der Waals surface area contributed by atoms with Crippen LogP contribution in [0.1, 0.15) is 23.2 Å². The topological polar surface area (TPSA) is 70.4 Å². The second-order valence-corrected chi connectivity index (χ2v) is 6.88. The molecule has 1 aliphatic heterocycles. The van der Waals surface area contributed by atoms with Crippen molar-refractivity contribution in [2.45, 2.75) is 25.9 Å². The average Bonchev–Trinajstić information content (AvgIpc) is 3.13. The molecule has 0 radical (unpaired) electrons. The van der Waals surface area contributed by atoms with E-state index in [4.69, 9.17) is 4.52 Å². The Morgan fingerprint density at radius 1 is 1.07 bits per heavy atom. The molecular formula is C21H24N4O2. The van der Waals surface area contributed by atoms with E-state index in [9.17, 15) is 4.79 Å². The van der Waals surface area contributed by atoms with E-state index in [0.717, 1.165) is 49.1 Å². The summed E-state index contributed by atoms with van der Waals surface area (Å²) in [5, 5.41) is 10.7. The normalized spacial score (nSPS) is 14.1. The minimum absolute atomic E-state index is 0.175. The molecule has 1 aliphatic rings. The summed E-state index contributed by atoms with van der Waals surface area (Å²) in [5.74, 6) is 0. The van der Waals surface area contributed by atoms with E-state index in [1.807, 2.05) is 24.3 Å². The third kappa shape index (κ3) is 4.28. The summed E-state index contributed by atoms with van der Waals surface area (Å²) in [5.41, 5.74) is 4.37. The van der Waals surface area contributed by atoms with Crippen molar-refractivity contribution in [3.63, 3.8) is 0 Å². The van der Waals surface area contributed by atoms with Gasteiger partial charge in [0.2, 0.25) is 0 Å². The molecule has 6 heteroatoms. The fourth-order valence-corrected chi connectivity index (χ4v) is 3.54. The van der Waals surface area contributed by atoms with Crippen LogP contribution in [0.2, 0.25) is 0 Å². The number of benzene rings is 2. The third-order valence-corrected chi connectivity index (χ3v) is 5.01. The molecule has 0 bridgehead atoms. The van der Waals surface area contributed by atoms with Crippen LogP contribution < -0.4 is 10.6 Å². The monoisotopic (exact) mass is 364 g/mol. The second-order valence-electron chi connectivity index (χ2n) is 6.88. The van der Waals surface area contributed by atoms with Gasteiger partial charge in [0.15, 0.2) is 5.58 Å². The van der Waals surface area contributed by atoms with Gasteiger partial charge in [-0.2, -0.15) is 0 Å². The molecule has 2 aromatic carbocycles. The molecule has 0 fully saturated rings. The molecule has 2 heterocycles. The highest BCUT2D eigenvalue weighted by atomic mass is 16.5. The number of hydrogen-bond acceptors (Lipinski definition) is 4. The molecule has 3 aromatic rings. The van der Waals surface area contributed by atoms with Gasteiger partial charge >= 0.3 is 6.03 Å². The first-order valence-corrected chi connectivity index (χ1v) is 9.44. The van der Waals surface area contributed by atoms with E-state index in [1.165, 1.54) is 11.1 Å². The van der Waals surface area contributed by atoms with Crippen LogP contribution in [-0.4, -0.2) is 35.7 Å². The van der Waals surface area contributed by atoms with Crippen molar-refractivity contribution in [2.24, 2.45) is 0 Å². The summed E-state index contributed by atoms with van der Waals surface area (Å²) in [7, 11) is 0. The number of carbonyl (C=O) groups is 1. The SMILES string of the molecule is O=C(NCCCN1CCc2ccccc2C1)NCc1noc2ccccc12. The van der Waals surface area contributed by atoms with Gasteiger partial charge in [0.25, 0.3) is 0 Å². The molecule has 6 nitrogen and oxygen atoms in total. The highest BCUT2D eigenvalue weighted by Crippen LogP contribution is 2.18. The van der Waals surface area contributed by atoms with Crippen LogP contribution >= 0.6 is 0 Å². The van der Waals surface area contributed by atoms with Gasteiger partial charge in [-0.15, -0.1) is 0 Å². The van der Waals surface area contributed by atoms with Gasteiger partial charge in [-0.3, -0.25) is 4.90 Å². The highest BCUT2D eigenvalue weighted by molar-refractivity contribution is 5.80. The average molecular weight is 364 g/mol. The van der Waals surface area contributed by atoms with Crippen molar-refractivity contribution in [2.75, 3.05) is 19.6 Å². The molecule has 4 rings (SSSR count). The number of nitrogens with one attached hydrogen (secondary N) is 2. The van der Waals surface area contributed by atoms with Gasteiger partial charge in [0.1, 0.15) is 5.69 Å². The number of carbonyl (C=O) groups excluding carboxylic acids is 1. The van der Waals surface area contributed by atoms with Gasteiger partial charge in [0.05, 0.1) is 6.54 Å². The van der Waals surface area contributed by atoms with Crippen LogP contribution in [0.4, 0.5) is 4.79 Å². The lowest BCUT2D eigenvalue weighted by molar-refractivity contribution is 0.234. The fourth-order valence-electron chi connectivity index (χ4n) is 3.54. The molecule has 0 unspecified atom stereocenters. The van der Waals surface area contributed by atoms with E-state index in [2.05, 4.69) is 45.0 Å². The molecule has 27 heavy (non-hydrogen) atoms. The number of amides is 2. The quantitative estimate of drug-likeness (QED) is 0.660. The maximum Gasteiger partial charge on any atom is 0.315 e. The summed E-state index contributed by atoms with van der Waals surface area (Å²) in [6.45, 7) is 4.09. The van der Waals surface area contributed by atoms with Crippen LogP contribution in [0.25, 0.3) is 11.0 Å². The Bertz CT molecular complexity index is 921. The Balaban J connectivity index is 1.16. The van der Waals surface area contributed by atoms with Gasteiger partial charge < -0.3 is 15.2 Å². The van der Waals surface area contributed by atoms with E-state index < -0.39 is 0 Å². The zero-order valence-electron chi connectivity index (χ0n) is 15.3. The zero-order valence-corrected chi connectivity index (χ0v) is 15.3. The standard InChI is InChI=1S/C21H24N4O2/c26-21(23-14-19-18-8-3-4-9-20(18)27-24-19)22-11-5-12-25-13-10-16-6-1-2-7-17(16)15-25/h1-4,6-9H,5,10-15H2,(H2,22,23,26). The molecule has 2 N–H and O–H groups in total. The minimum atomic E-state index is -0.175. The summed E-state index contributed by atoms with van der Waals surface area (Å²) in [6.07, 6.45) is 2.04. The fraction of sp³-hybridized carbons (Fsp3) is 0.333. The Hall–Kier alpha value is -2.86. The summed E-state index contributed by atoms with van der Waals surface area (Å²) >= 11 is 0. The van der Waals surface area contributed by atoms with Crippen molar-refractivity contribution >= 4 is 17.0 Å². The summed E-state index contributed by atoms with van der Waals surface area (Å²) in [6, 6.07) is 16.1. The van der Waals surface area contributed by atoms with E-state index >= 15 is 0 Å². The van der Waals surface area contributed by atoms with E-state index in [1.54, 1.807) is 0 Å². The minimum Gasteiger partial charge on any atom is -0.356 e. The van der Waals surface area contributed by atoms with Crippen LogP contribution in [-0.2, 0) is 19.5 Å². The molecule has 0 aliphatic carbocycles. The molecule has 0 saturated heterocycles. The van der Waals surface area contributed by atoms with Gasteiger partial charge in [-0.1, -0.05) is 41.6 Å².